The number of carbonyl (C=O) groups is 3. The van der Waals surface area contributed by atoms with Gasteiger partial charge in [-0.1, -0.05) is 18.8 Å². The molecule has 8 heteroatoms. The van der Waals surface area contributed by atoms with Crippen molar-refractivity contribution < 1.29 is 24.2 Å². The SMILES string of the molecule is C[C@@H](C(=O)NC1CCOC1)N(c1cc(C#CC(C)(C)C)sc1C(=O)O)C(=O)[C@H]1CC[C@H](C)CC1. The molecule has 1 saturated heterocycles. The van der Waals surface area contributed by atoms with Crippen molar-refractivity contribution in [3.05, 3.63) is 15.8 Å². The van der Waals surface area contributed by atoms with E-state index in [2.05, 4.69) is 24.1 Å². The molecule has 2 aliphatic rings. The Morgan fingerprint density at radius 2 is 1.88 bits per heavy atom. The molecule has 1 saturated carbocycles. The molecule has 2 N–H and O–H groups in total. The monoisotopic (exact) mass is 488 g/mol. The lowest BCUT2D eigenvalue weighted by Gasteiger charge is -2.34. The molecule has 2 amide bonds. The minimum atomic E-state index is -1.13. The largest absolute Gasteiger partial charge is 0.477 e. The number of hydrogen-bond acceptors (Lipinski definition) is 5. The van der Waals surface area contributed by atoms with Crippen LogP contribution in [-0.2, 0) is 14.3 Å². The number of carboxylic acids is 1. The van der Waals surface area contributed by atoms with Crippen molar-refractivity contribution in [2.75, 3.05) is 18.1 Å². The van der Waals surface area contributed by atoms with Crippen molar-refractivity contribution >= 4 is 34.8 Å². The topological polar surface area (TPSA) is 95.9 Å². The highest BCUT2D eigenvalue weighted by molar-refractivity contribution is 7.15. The second kappa shape index (κ2) is 10.9. The number of thiophene rings is 1. The van der Waals surface area contributed by atoms with Crippen molar-refractivity contribution in [3.8, 4) is 11.8 Å². The zero-order chi connectivity index (χ0) is 25.0. The number of carbonyl (C=O) groups excluding carboxylic acids is 2. The quantitative estimate of drug-likeness (QED) is 0.582. The molecule has 2 heterocycles. The van der Waals surface area contributed by atoms with Crippen molar-refractivity contribution in [2.24, 2.45) is 17.3 Å². The Morgan fingerprint density at radius 3 is 2.44 bits per heavy atom. The van der Waals surface area contributed by atoms with Gasteiger partial charge in [-0.15, -0.1) is 11.3 Å². The van der Waals surface area contributed by atoms with E-state index in [0.29, 0.717) is 24.0 Å². The first-order valence-corrected chi connectivity index (χ1v) is 12.9. The Hall–Kier alpha value is -2.37. The average molecular weight is 489 g/mol. The maximum absolute atomic E-state index is 13.8. The predicted molar refractivity (Wildman–Crippen MR) is 133 cm³/mol. The second-order valence-corrected chi connectivity index (χ2v) is 11.6. The average Bonchev–Trinajstić information content (AvgIpc) is 3.42. The third-order valence-corrected chi connectivity index (χ3v) is 7.40. The maximum Gasteiger partial charge on any atom is 0.348 e. The highest BCUT2D eigenvalue weighted by atomic mass is 32.1. The molecule has 1 aliphatic heterocycles. The van der Waals surface area contributed by atoms with Gasteiger partial charge in [0.05, 0.1) is 23.2 Å². The summed E-state index contributed by atoms with van der Waals surface area (Å²) in [4.78, 5) is 41.1. The fourth-order valence-electron chi connectivity index (χ4n) is 4.33. The van der Waals surface area contributed by atoms with E-state index in [-0.39, 0.29) is 39.8 Å². The Balaban J connectivity index is 1.98. The van der Waals surface area contributed by atoms with Gasteiger partial charge in [0.1, 0.15) is 10.9 Å². The molecule has 1 aromatic rings. The van der Waals surface area contributed by atoms with Gasteiger partial charge >= 0.3 is 5.97 Å². The van der Waals surface area contributed by atoms with Crippen LogP contribution in [0.25, 0.3) is 0 Å². The molecule has 3 rings (SSSR count). The first-order chi connectivity index (χ1) is 16.0. The highest BCUT2D eigenvalue weighted by Gasteiger charge is 2.37. The van der Waals surface area contributed by atoms with Gasteiger partial charge in [0, 0.05) is 17.9 Å². The van der Waals surface area contributed by atoms with Gasteiger partial charge < -0.3 is 15.2 Å². The molecule has 186 valence electrons. The lowest BCUT2D eigenvalue weighted by atomic mass is 9.82. The maximum atomic E-state index is 13.8. The van der Waals surface area contributed by atoms with E-state index >= 15 is 0 Å². The summed E-state index contributed by atoms with van der Waals surface area (Å²) in [5.74, 6) is 4.89. The van der Waals surface area contributed by atoms with Crippen molar-refractivity contribution in [3.63, 3.8) is 0 Å². The Bertz CT molecular complexity index is 970. The third kappa shape index (κ3) is 6.61. The van der Waals surface area contributed by atoms with Crippen molar-refractivity contribution in [2.45, 2.75) is 78.8 Å². The van der Waals surface area contributed by atoms with Crippen LogP contribution in [0.1, 0.15) is 81.3 Å². The van der Waals surface area contributed by atoms with Crippen LogP contribution in [0.2, 0.25) is 0 Å². The molecule has 1 aromatic heterocycles. The summed E-state index contributed by atoms with van der Waals surface area (Å²) in [5, 5.41) is 12.9. The van der Waals surface area contributed by atoms with Crippen LogP contribution in [0.15, 0.2) is 6.07 Å². The number of carboxylic acid groups (broad SMARTS) is 1. The zero-order valence-corrected chi connectivity index (χ0v) is 21.6. The van der Waals surface area contributed by atoms with Crippen LogP contribution in [0.4, 0.5) is 5.69 Å². The number of nitrogens with zero attached hydrogens (tertiary/aromatic N) is 1. The van der Waals surface area contributed by atoms with Crippen LogP contribution in [0.3, 0.4) is 0 Å². The van der Waals surface area contributed by atoms with E-state index < -0.39 is 12.0 Å². The summed E-state index contributed by atoms with van der Waals surface area (Å²) in [5.41, 5.74) is 0.00269. The van der Waals surface area contributed by atoms with Gasteiger partial charge in [0.2, 0.25) is 11.8 Å². The number of anilines is 1. The number of amides is 2. The molecule has 1 unspecified atom stereocenters. The highest BCUT2D eigenvalue weighted by Crippen LogP contribution is 2.36. The summed E-state index contributed by atoms with van der Waals surface area (Å²) in [7, 11) is 0. The Morgan fingerprint density at radius 1 is 1.21 bits per heavy atom. The van der Waals surface area contributed by atoms with E-state index in [9.17, 15) is 19.5 Å². The number of rotatable bonds is 6. The molecule has 0 radical (unpaired) electrons. The molecule has 7 nitrogen and oxygen atoms in total. The standard InChI is InChI=1S/C26H36N2O5S/c1-16-6-8-18(9-7-16)24(30)28(17(2)23(29)27-19-11-13-33-15-19)21-14-20(10-12-26(3,4)5)34-22(21)25(31)32/h14,16-19H,6-9,11,13,15H2,1-5H3,(H,27,29)(H,31,32)/t16-,17-,18-,19?/m0/s1. The van der Waals surface area contributed by atoms with E-state index in [4.69, 9.17) is 4.74 Å². The summed E-state index contributed by atoms with van der Waals surface area (Å²) in [6.45, 7) is 10.8. The first-order valence-electron chi connectivity index (χ1n) is 12.1. The minimum absolute atomic E-state index is 0.0274. The van der Waals surface area contributed by atoms with Crippen molar-refractivity contribution in [1.82, 2.24) is 5.32 Å². The van der Waals surface area contributed by atoms with Crippen LogP contribution >= 0.6 is 11.3 Å². The number of aromatic carboxylic acids is 1. The molecule has 2 fully saturated rings. The summed E-state index contributed by atoms with van der Waals surface area (Å²) in [6, 6.07) is 0.694. The van der Waals surface area contributed by atoms with E-state index in [1.807, 2.05) is 20.8 Å². The van der Waals surface area contributed by atoms with Crippen LogP contribution in [0, 0.1) is 29.1 Å². The number of nitrogens with one attached hydrogen (secondary N) is 1. The zero-order valence-electron chi connectivity index (χ0n) is 20.8. The molecular weight excluding hydrogens is 452 g/mol. The summed E-state index contributed by atoms with van der Waals surface area (Å²) in [6.07, 6.45) is 4.09. The fraction of sp³-hybridized carbons (Fsp3) is 0.654. The Kier molecular flexibility index (Phi) is 8.43. The van der Waals surface area contributed by atoms with Crippen LogP contribution < -0.4 is 10.2 Å². The molecule has 1 aliphatic carbocycles. The molecule has 34 heavy (non-hydrogen) atoms. The fourth-order valence-corrected chi connectivity index (χ4v) is 5.18. The van der Waals surface area contributed by atoms with Gasteiger partial charge in [-0.3, -0.25) is 14.5 Å². The smallest absolute Gasteiger partial charge is 0.348 e. The Labute approximate surface area is 206 Å². The van der Waals surface area contributed by atoms with Gasteiger partial charge in [-0.05, 0) is 71.8 Å². The first kappa shape index (κ1) is 26.2. The van der Waals surface area contributed by atoms with E-state index in [1.165, 1.54) is 4.90 Å². The number of ether oxygens (including phenoxy) is 1. The second-order valence-electron chi connectivity index (χ2n) is 10.5. The lowest BCUT2D eigenvalue weighted by Crippen LogP contribution is -2.52. The van der Waals surface area contributed by atoms with E-state index in [1.54, 1.807) is 13.0 Å². The van der Waals surface area contributed by atoms with Gasteiger partial charge in [-0.2, -0.15) is 0 Å². The number of hydrogen-bond donors (Lipinski definition) is 2. The summed E-state index contributed by atoms with van der Waals surface area (Å²) < 4.78 is 5.36. The molecule has 0 aromatic carbocycles. The molecular formula is C26H36N2O5S. The van der Waals surface area contributed by atoms with Gasteiger partial charge in [0.25, 0.3) is 0 Å². The molecule has 0 spiro atoms. The van der Waals surface area contributed by atoms with Crippen LogP contribution in [0.5, 0.6) is 0 Å². The van der Waals surface area contributed by atoms with E-state index in [0.717, 1.165) is 43.4 Å². The third-order valence-electron chi connectivity index (χ3n) is 6.37. The minimum Gasteiger partial charge on any atom is -0.477 e. The molecule has 2 atom stereocenters. The van der Waals surface area contributed by atoms with Gasteiger partial charge in [-0.25, -0.2) is 4.79 Å². The normalized spacial score (nSPS) is 23.5. The lowest BCUT2D eigenvalue weighted by molar-refractivity contribution is -0.129. The van der Waals surface area contributed by atoms with Gasteiger partial charge in [0.15, 0.2) is 0 Å². The van der Waals surface area contributed by atoms with Crippen LogP contribution in [-0.4, -0.2) is 48.2 Å². The van der Waals surface area contributed by atoms with Crippen molar-refractivity contribution in [1.29, 1.82) is 0 Å². The summed E-state index contributed by atoms with van der Waals surface area (Å²) >= 11 is 1.04. The predicted octanol–water partition coefficient (Wildman–Crippen LogP) is 4.30. The molecule has 0 bridgehead atoms.